The molecule has 2 atom stereocenters. The molecular weight excluding hydrogens is 300 g/mol. The Balaban J connectivity index is 2.11. The highest BCUT2D eigenvalue weighted by Gasteiger charge is 2.39. The van der Waals surface area contributed by atoms with Gasteiger partial charge in [-0.05, 0) is 25.0 Å². The second kappa shape index (κ2) is 7.21. The molecule has 0 radical (unpaired) electrons. The van der Waals surface area contributed by atoms with E-state index < -0.39 is 5.92 Å². The second-order valence-corrected chi connectivity index (χ2v) is 5.71. The van der Waals surface area contributed by atoms with Gasteiger partial charge in [-0.25, -0.2) is 0 Å². The van der Waals surface area contributed by atoms with Crippen molar-refractivity contribution in [1.29, 1.82) is 0 Å². The molecule has 2 unspecified atom stereocenters. The van der Waals surface area contributed by atoms with E-state index in [1.54, 1.807) is 0 Å². The first kappa shape index (κ1) is 16.1. The minimum absolute atomic E-state index is 0.204. The van der Waals surface area contributed by atoms with Crippen LogP contribution in [0, 0.1) is 5.92 Å². The Labute approximate surface area is 141 Å². The van der Waals surface area contributed by atoms with Crippen molar-refractivity contribution < 1.29 is 9.53 Å². The maximum absolute atomic E-state index is 12.6. The molecule has 122 valence electrons. The van der Waals surface area contributed by atoms with Gasteiger partial charge in [-0.3, -0.25) is 4.79 Å². The number of hydrogen-bond donors (Lipinski definition) is 0. The highest BCUT2D eigenvalue weighted by molar-refractivity contribution is 6.15. The van der Waals surface area contributed by atoms with Gasteiger partial charge in [-0.1, -0.05) is 60.7 Å². The number of carbonyl (C=O) groups is 1. The first-order chi connectivity index (χ1) is 11.7. The Morgan fingerprint density at radius 2 is 1.62 bits per heavy atom. The summed E-state index contributed by atoms with van der Waals surface area (Å²) in [6, 6.07) is 19.8. The highest BCUT2D eigenvalue weighted by Crippen LogP contribution is 2.34. The number of nitrogens with zero attached hydrogens (tertiary/aromatic N) is 2. The predicted molar refractivity (Wildman–Crippen MR) is 95.4 cm³/mol. The number of benzene rings is 2. The molecule has 0 saturated carbocycles. The number of ether oxygens (including phenoxy) is 1. The molecule has 1 aliphatic rings. The maximum Gasteiger partial charge on any atom is 0.315 e. The molecule has 1 aliphatic heterocycles. The van der Waals surface area contributed by atoms with E-state index in [0.717, 1.165) is 16.8 Å². The van der Waals surface area contributed by atoms with Crippen LogP contribution in [0.25, 0.3) is 0 Å². The molecule has 0 bridgehead atoms. The van der Waals surface area contributed by atoms with Crippen molar-refractivity contribution in [1.82, 2.24) is 0 Å². The Morgan fingerprint density at radius 1 is 1.00 bits per heavy atom. The normalized spacial score (nSPS) is 20.1. The Bertz CT molecular complexity index is 767. The summed E-state index contributed by atoms with van der Waals surface area (Å²) in [4.78, 5) is 12.6. The summed E-state index contributed by atoms with van der Waals surface area (Å²) in [6.07, 6.45) is 0. The Morgan fingerprint density at radius 3 is 2.25 bits per heavy atom. The van der Waals surface area contributed by atoms with Crippen molar-refractivity contribution in [2.75, 3.05) is 6.61 Å². The van der Waals surface area contributed by atoms with Crippen LogP contribution in [0.15, 0.2) is 70.9 Å². The fourth-order valence-corrected chi connectivity index (χ4v) is 3.05. The number of rotatable bonds is 4. The van der Waals surface area contributed by atoms with Crippen molar-refractivity contribution in [3.63, 3.8) is 0 Å². The van der Waals surface area contributed by atoms with Gasteiger partial charge in [0, 0.05) is 5.92 Å². The van der Waals surface area contributed by atoms with Gasteiger partial charge in [0.2, 0.25) is 0 Å². The lowest BCUT2D eigenvalue weighted by Crippen LogP contribution is -2.37. The maximum atomic E-state index is 12.6. The molecular formula is C20H20N2O2. The molecule has 0 saturated heterocycles. The van der Waals surface area contributed by atoms with Gasteiger partial charge in [-0.15, -0.1) is 0 Å². The zero-order chi connectivity index (χ0) is 16.9. The van der Waals surface area contributed by atoms with Gasteiger partial charge >= 0.3 is 5.97 Å². The number of hydrogen-bond acceptors (Lipinski definition) is 4. The van der Waals surface area contributed by atoms with E-state index in [9.17, 15) is 4.79 Å². The van der Waals surface area contributed by atoms with E-state index >= 15 is 0 Å². The summed E-state index contributed by atoms with van der Waals surface area (Å²) in [7, 11) is 0. The van der Waals surface area contributed by atoms with E-state index in [0.29, 0.717) is 12.3 Å². The van der Waals surface area contributed by atoms with Crippen LogP contribution in [0.4, 0.5) is 0 Å². The summed E-state index contributed by atoms with van der Waals surface area (Å²) in [5.74, 6) is -0.916. The molecule has 0 aromatic heterocycles. The number of carbonyl (C=O) groups excluding carboxylic acids is 1. The molecule has 4 nitrogen and oxygen atoms in total. The van der Waals surface area contributed by atoms with Crippen LogP contribution in [0.1, 0.15) is 30.9 Å². The molecule has 24 heavy (non-hydrogen) atoms. The minimum atomic E-state index is -0.458. The van der Waals surface area contributed by atoms with E-state index in [4.69, 9.17) is 4.74 Å². The largest absolute Gasteiger partial charge is 0.465 e. The number of esters is 1. The molecule has 3 rings (SSSR count). The van der Waals surface area contributed by atoms with Gasteiger partial charge in [-0.2, -0.15) is 10.2 Å². The monoisotopic (exact) mass is 320 g/mol. The van der Waals surface area contributed by atoms with E-state index in [-0.39, 0.29) is 11.9 Å². The molecule has 2 aromatic rings. The first-order valence-corrected chi connectivity index (χ1v) is 8.11. The Hall–Kier alpha value is -2.75. The zero-order valence-corrected chi connectivity index (χ0v) is 13.8. The van der Waals surface area contributed by atoms with Gasteiger partial charge in [0.1, 0.15) is 5.92 Å². The van der Waals surface area contributed by atoms with Crippen molar-refractivity contribution in [2.24, 2.45) is 16.1 Å². The molecule has 0 aliphatic carbocycles. The van der Waals surface area contributed by atoms with E-state index in [2.05, 4.69) is 10.2 Å². The van der Waals surface area contributed by atoms with Gasteiger partial charge in [0.15, 0.2) is 0 Å². The topological polar surface area (TPSA) is 51.0 Å². The molecule has 2 aromatic carbocycles. The fraction of sp³-hybridized carbons (Fsp3) is 0.250. The van der Waals surface area contributed by atoms with E-state index in [1.807, 2.05) is 74.5 Å². The summed E-state index contributed by atoms with van der Waals surface area (Å²) < 4.78 is 5.31. The van der Waals surface area contributed by atoms with Crippen molar-refractivity contribution >= 4 is 17.4 Å². The molecule has 0 spiro atoms. The predicted octanol–water partition coefficient (Wildman–Crippen LogP) is 3.83. The molecule has 0 amide bonds. The highest BCUT2D eigenvalue weighted by atomic mass is 16.5. The lowest BCUT2D eigenvalue weighted by atomic mass is 9.77. The smallest absolute Gasteiger partial charge is 0.315 e. The third kappa shape index (κ3) is 3.13. The SMILES string of the molecule is CCOC(=O)C1C(C)=NN=C(c2ccccc2)C1c1ccccc1. The summed E-state index contributed by atoms with van der Waals surface area (Å²) in [6.45, 7) is 4.00. The quantitative estimate of drug-likeness (QED) is 0.804. The minimum Gasteiger partial charge on any atom is -0.465 e. The lowest BCUT2D eigenvalue weighted by Gasteiger charge is -2.29. The van der Waals surface area contributed by atoms with E-state index in [1.165, 1.54) is 0 Å². The standard InChI is InChI=1S/C20H20N2O2/c1-3-24-20(23)17-14(2)21-22-19(16-12-8-5-9-13-16)18(17)15-10-6-4-7-11-15/h4-13,17-18H,3H2,1-2H3. The Kier molecular flexibility index (Phi) is 4.85. The van der Waals surface area contributed by atoms with Crippen LogP contribution in [-0.4, -0.2) is 24.0 Å². The average Bonchev–Trinajstić information content (AvgIpc) is 2.63. The summed E-state index contributed by atoms with van der Waals surface area (Å²) >= 11 is 0. The first-order valence-electron chi connectivity index (χ1n) is 8.11. The summed E-state index contributed by atoms with van der Waals surface area (Å²) in [5.41, 5.74) is 3.48. The zero-order valence-electron chi connectivity index (χ0n) is 13.8. The van der Waals surface area contributed by atoms with Crippen LogP contribution >= 0.6 is 0 Å². The average molecular weight is 320 g/mol. The molecule has 1 heterocycles. The molecule has 0 N–H and O–H groups in total. The molecule has 4 heteroatoms. The van der Waals surface area contributed by atoms with Crippen LogP contribution in [0.2, 0.25) is 0 Å². The third-order valence-electron chi connectivity index (χ3n) is 4.16. The van der Waals surface area contributed by atoms with Crippen LogP contribution < -0.4 is 0 Å². The van der Waals surface area contributed by atoms with Crippen molar-refractivity contribution in [2.45, 2.75) is 19.8 Å². The summed E-state index contributed by atoms with van der Waals surface area (Å²) in [5, 5.41) is 8.68. The van der Waals surface area contributed by atoms with Gasteiger partial charge in [0.25, 0.3) is 0 Å². The lowest BCUT2D eigenvalue weighted by molar-refractivity contribution is -0.145. The third-order valence-corrected chi connectivity index (χ3v) is 4.16. The van der Waals surface area contributed by atoms with Crippen molar-refractivity contribution in [3.8, 4) is 0 Å². The fourth-order valence-electron chi connectivity index (χ4n) is 3.05. The molecule has 0 fully saturated rings. The van der Waals surface area contributed by atoms with Crippen LogP contribution in [-0.2, 0) is 9.53 Å². The van der Waals surface area contributed by atoms with Gasteiger partial charge < -0.3 is 4.74 Å². The van der Waals surface area contributed by atoms with Crippen LogP contribution in [0.3, 0.4) is 0 Å². The van der Waals surface area contributed by atoms with Gasteiger partial charge in [0.05, 0.1) is 18.0 Å². The van der Waals surface area contributed by atoms with Crippen molar-refractivity contribution in [3.05, 3.63) is 71.8 Å². The van der Waals surface area contributed by atoms with Crippen LogP contribution in [0.5, 0.6) is 0 Å². The second-order valence-electron chi connectivity index (χ2n) is 5.71.